The maximum atomic E-state index is 5.44. The number of aliphatic imine (C=N–C) groups is 1. The van der Waals surface area contributed by atoms with Crippen molar-refractivity contribution in [1.29, 1.82) is 0 Å². The van der Waals surface area contributed by atoms with E-state index < -0.39 is 0 Å². The third kappa shape index (κ3) is 10.3. The van der Waals surface area contributed by atoms with Gasteiger partial charge in [0.1, 0.15) is 5.76 Å². The van der Waals surface area contributed by atoms with Gasteiger partial charge in [-0.25, -0.2) is 0 Å². The second-order valence-corrected chi connectivity index (χ2v) is 8.85. The van der Waals surface area contributed by atoms with Gasteiger partial charge < -0.3 is 15.1 Å². The molecule has 0 spiro atoms. The molecule has 0 bridgehead atoms. The highest BCUT2D eigenvalue weighted by Gasteiger charge is 2.20. The van der Waals surface area contributed by atoms with Crippen molar-refractivity contribution < 1.29 is 4.42 Å². The van der Waals surface area contributed by atoms with Gasteiger partial charge in [-0.05, 0) is 55.4 Å². The summed E-state index contributed by atoms with van der Waals surface area (Å²) in [5, 5.41) is 7.20. The van der Waals surface area contributed by atoms with Crippen LogP contribution in [0.5, 0.6) is 0 Å². The molecule has 31 heavy (non-hydrogen) atoms. The summed E-state index contributed by atoms with van der Waals surface area (Å²) >= 11 is 1.91. The number of piperidine rings is 1. The van der Waals surface area contributed by atoms with Crippen LogP contribution in [0, 0.1) is 0 Å². The average molecular weight is 557 g/mol. The SMILES string of the molecule is CSCCCCN=C(NCCc1ccco1)NC1CCN(Cc2ccccc2)CC1.I. The number of nitrogens with one attached hydrogen (secondary N) is 2. The van der Waals surface area contributed by atoms with Gasteiger partial charge in [0.15, 0.2) is 5.96 Å². The van der Waals surface area contributed by atoms with E-state index in [1.54, 1.807) is 6.26 Å². The molecule has 1 fully saturated rings. The molecule has 1 aliphatic rings. The summed E-state index contributed by atoms with van der Waals surface area (Å²) in [5.74, 6) is 3.17. The molecule has 3 rings (SSSR count). The summed E-state index contributed by atoms with van der Waals surface area (Å²) in [5.41, 5.74) is 1.40. The van der Waals surface area contributed by atoms with Gasteiger partial charge in [0.2, 0.25) is 0 Å². The standard InChI is InChI=1S/C24H36N4OS.HI/c1-30-19-6-5-14-25-24(26-15-11-23-10-7-18-29-23)27-22-12-16-28(17-13-22)20-21-8-3-2-4-9-21;/h2-4,7-10,18,22H,5-6,11-17,19-20H2,1H3,(H2,25,26,27);1H. The van der Waals surface area contributed by atoms with Crippen LogP contribution in [0.4, 0.5) is 0 Å². The highest BCUT2D eigenvalue weighted by atomic mass is 127. The Balaban J connectivity index is 0.00000341. The number of unbranched alkanes of at least 4 members (excludes halogenated alkanes) is 1. The number of thioether (sulfide) groups is 1. The molecule has 2 heterocycles. The van der Waals surface area contributed by atoms with Crippen LogP contribution in [-0.4, -0.2) is 55.1 Å². The van der Waals surface area contributed by atoms with Crippen molar-refractivity contribution >= 4 is 41.7 Å². The second-order valence-electron chi connectivity index (χ2n) is 7.87. The number of guanidine groups is 1. The second kappa shape index (κ2) is 15.6. The van der Waals surface area contributed by atoms with Crippen molar-refractivity contribution in [2.75, 3.05) is 38.2 Å². The monoisotopic (exact) mass is 556 g/mol. The fraction of sp³-hybridized carbons (Fsp3) is 0.542. The van der Waals surface area contributed by atoms with Crippen LogP contribution < -0.4 is 10.6 Å². The molecule has 1 aromatic heterocycles. The number of rotatable bonds is 11. The fourth-order valence-corrected chi connectivity index (χ4v) is 4.22. The topological polar surface area (TPSA) is 52.8 Å². The molecule has 0 atom stereocenters. The molecule has 172 valence electrons. The van der Waals surface area contributed by atoms with Gasteiger partial charge in [0, 0.05) is 45.2 Å². The Morgan fingerprint density at radius 1 is 1.13 bits per heavy atom. The van der Waals surface area contributed by atoms with Crippen molar-refractivity contribution in [1.82, 2.24) is 15.5 Å². The zero-order valence-electron chi connectivity index (χ0n) is 18.6. The molecule has 0 amide bonds. The van der Waals surface area contributed by atoms with Gasteiger partial charge in [-0.3, -0.25) is 9.89 Å². The Morgan fingerprint density at radius 2 is 1.94 bits per heavy atom. The summed E-state index contributed by atoms with van der Waals surface area (Å²) in [6.45, 7) is 5.01. The van der Waals surface area contributed by atoms with Gasteiger partial charge in [-0.15, -0.1) is 24.0 Å². The van der Waals surface area contributed by atoms with Gasteiger partial charge in [0.25, 0.3) is 0 Å². The maximum Gasteiger partial charge on any atom is 0.191 e. The minimum Gasteiger partial charge on any atom is -0.469 e. The minimum atomic E-state index is 0. The molecule has 2 aromatic rings. The molecule has 0 unspecified atom stereocenters. The van der Waals surface area contributed by atoms with Gasteiger partial charge in [-0.1, -0.05) is 30.3 Å². The lowest BCUT2D eigenvalue weighted by Crippen LogP contribution is -2.49. The minimum absolute atomic E-state index is 0. The number of hydrogen-bond donors (Lipinski definition) is 2. The molecule has 1 aliphatic heterocycles. The summed E-state index contributed by atoms with van der Waals surface area (Å²) in [7, 11) is 0. The molecular formula is C24H37IN4OS. The van der Waals surface area contributed by atoms with Crippen LogP contribution in [0.1, 0.15) is 37.0 Å². The Bertz CT molecular complexity index is 718. The van der Waals surface area contributed by atoms with E-state index in [0.717, 1.165) is 70.1 Å². The van der Waals surface area contributed by atoms with Crippen LogP contribution in [0.25, 0.3) is 0 Å². The molecule has 0 saturated carbocycles. The third-order valence-electron chi connectivity index (χ3n) is 5.45. The smallest absolute Gasteiger partial charge is 0.191 e. The third-order valence-corrected chi connectivity index (χ3v) is 6.14. The molecule has 1 saturated heterocycles. The largest absolute Gasteiger partial charge is 0.469 e. The zero-order valence-corrected chi connectivity index (χ0v) is 21.7. The molecular weight excluding hydrogens is 519 g/mol. The molecule has 0 radical (unpaired) electrons. The number of benzene rings is 1. The fourth-order valence-electron chi connectivity index (χ4n) is 3.73. The first-order valence-electron chi connectivity index (χ1n) is 11.2. The van der Waals surface area contributed by atoms with Crippen molar-refractivity contribution in [3.63, 3.8) is 0 Å². The Morgan fingerprint density at radius 3 is 2.65 bits per heavy atom. The number of furan rings is 1. The van der Waals surface area contributed by atoms with E-state index in [4.69, 9.17) is 9.41 Å². The first kappa shape index (κ1) is 26.1. The Labute approximate surface area is 208 Å². The van der Waals surface area contributed by atoms with Crippen LogP contribution in [-0.2, 0) is 13.0 Å². The lowest BCUT2D eigenvalue weighted by atomic mass is 10.0. The highest BCUT2D eigenvalue weighted by molar-refractivity contribution is 14.0. The quantitative estimate of drug-likeness (QED) is 0.181. The lowest BCUT2D eigenvalue weighted by Gasteiger charge is -2.33. The van der Waals surface area contributed by atoms with Crippen molar-refractivity contribution in [2.45, 2.75) is 44.7 Å². The number of likely N-dealkylation sites (tertiary alicyclic amines) is 1. The van der Waals surface area contributed by atoms with Crippen molar-refractivity contribution in [3.05, 3.63) is 60.1 Å². The van der Waals surface area contributed by atoms with E-state index in [9.17, 15) is 0 Å². The van der Waals surface area contributed by atoms with Crippen LogP contribution in [0.15, 0.2) is 58.1 Å². The van der Waals surface area contributed by atoms with Crippen LogP contribution in [0.2, 0.25) is 0 Å². The molecule has 5 nitrogen and oxygen atoms in total. The number of halogens is 1. The normalized spacial score (nSPS) is 15.5. The van der Waals surface area contributed by atoms with Crippen LogP contribution >= 0.6 is 35.7 Å². The van der Waals surface area contributed by atoms with E-state index in [-0.39, 0.29) is 24.0 Å². The number of hydrogen-bond acceptors (Lipinski definition) is 4. The predicted molar refractivity (Wildman–Crippen MR) is 144 cm³/mol. The first-order chi connectivity index (χ1) is 14.8. The van der Waals surface area contributed by atoms with E-state index in [0.29, 0.717) is 6.04 Å². The first-order valence-corrected chi connectivity index (χ1v) is 12.6. The Hall–Kier alpha value is -1.19. The van der Waals surface area contributed by atoms with Gasteiger partial charge in [-0.2, -0.15) is 11.8 Å². The Kier molecular flexibility index (Phi) is 13.1. The molecule has 2 N–H and O–H groups in total. The van der Waals surface area contributed by atoms with Crippen molar-refractivity contribution in [2.24, 2.45) is 4.99 Å². The lowest BCUT2D eigenvalue weighted by molar-refractivity contribution is 0.198. The van der Waals surface area contributed by atoms with E-state index in [2.05, 4.69) is 52.1 Å². The summed E-state index contributed by atoms with van der Waals surface area (Å²) in [6.07, 6.45) is 9.43. The van der Waals surface area contributed by atoms with E-state index in [1.807, 2.05) is 23.9 Å². The van der Waals surface area contributed by atoms with Gasteiger partial charge in [0.05, 0.1) is 6.26 Å². The van der Waals surface area contributed by atoms with Crippen LogP contribution in [0.3, 0.4) is 0 Å². The van der Waals surface area contributed by atoms with E-state index >= 15 is 0 Å². The summed E-state index contributed by atoms with van der Waals surface area (Å²) in [6, 6.07) is 15.2. The highest BCUT2D eigenvalue weighted by Crippen LogP contribution is 2.14. The maximum absolute atomic E-state index is 5.44. The summed E-state index contributed by atoms with van der Waals surface area (Å²) < 4.78 is 5.44. The summed E-state index contributed by atoms with van der Waals surface area (Å²) in [4.78, 5) is 7.39. The molecule has 7 heteroatoms. The predicted octanol–water partition coefficient (Wildman–Crippen LogP) is 4.78. The zero-order chi connectivity index (χ0) is 20.9. The molecule has 0 aliphatic carbocycles. The average Bonchev–Trinajstić information content (AvgIpc) is 3.29. The van der Waals surface area contributed by atoms with Gasteiger partial charge >= 0.3 is 0 Å². The molecule has 1 aromatic carbocycles. The number of nitrogens with zero attached hydrogens (tertiary/aromatic N) is 2. The van der Waals surface area contributed by atoms with E-state index in [1.165, 1.54) is 17.7 Å². The van der Waals surface area contributed by atoms with Crippen molar-refractivity contribution in [3.8, 4) is 0 Å².